The fourth-order valence-corrected chi connectivity index (χ4v) is 2.26. The number of para-hydroxylation sites is 1. The van der Waals surface area contributed by atoms with E-state index in [0.717, 1.165) is 16.5 Å². The van der Waals surface area contributed by atoms with Gasteiger partial charge in [0, 0.05) is 32.2 Å². The predicted octanol–water partition coefficient (Wildman–Crippen LogP) is 2.41. The first-order valence-corrected chi connectivity index (χ1v) is 7.13. The second-order valence-electron chi connectivity index (χ2n) is 5.08. The van der Waals surface area contributed by atoms with Gasteiger partial charge in [-0.05, 0) is 18.0 Å². The Balaban J connectivity index is 2.23. The number of aromatic amines is 1. The SMILES string of the molecule is [2H]C(C)C([2H])(C)C(=O)N[C@@H](Cc1c[nH]c2ccccc12)C(=O)OC. The van der Waals surface area contributed by atoms with E-state index in [1.807, 2.05) is 24.3 Å². The fraction of sp³-hybridized carbons (Fsp3) is 0.412. The van der Waals surface area contributed by atoms with Crippen molar-refractivity contribution >= 4 is 22.8 Å². The van der Waals surface area contributed by atoms with Crippen molar-refractivity contribution in [2.24, 2.45) is 5.89 Å². The van der Waals surface area contributed by atoms with Crippen LogP contribution in [0.4, 0.5) is 0 Å². The van der Waals surface area contributed by atoms with Crippen molar-refractivity contribution in [1.29, 1.82) is 0 Å². The van der Waals surface area contributed by atoms with E-state index >= 15 is 0 Å². The first-order valence-electron chi connectivity index (χ1n) is 8.21. The summed E-state index contributed by atoms with van der Waals surface area (Å²) in [4.78, 5) is 27.5. The van der Waals surface area contributed by atoms with Gasteiger partial charge in [0.15, 0.2) is 0 Å². The van der Waals surface area contributed by atoms with Crippen LogP contribution in [0.2, 0.25) is 0 Å². The van der Waals surface area contributed by atoms with Crippen LogP contribution in [-0.2, 0) is 20.7 Å². The third kappa shape index (κ3) is 3.47. The maximum absolute atomic E-state index is 12.3. The lowest BCUT2D eigenvalue weighted by atomic mass is 10.0. The Kier molecular flexibility index (Phi) is 4.32. The Bertz CT molecular complexity index is 740. The summed E-state index contributed by atoms with van der Waals surface area (Å²) < 4.78 is 20.4. The van der Waals surface area contributed by atoms with E-state index in [1.54, 1.807) is 6.20 Å². The van der Waals surface area contributed by atoms with Gasteiger partial charge in [-0.15, -0.1) is 0 Å². The molecule has 5 heteroatoms. The topological polar surface area (TPSA) is 71.2 Å². The lowest BCUT2D eigenvalue weighted by Gasteiger charge is -2.18. The van der Waals surface area contributed by atoms with Crippen molar-refractivity contribution in [3.63, 3.8) is 0 Å². The molecule has 0 radical (unpaired) electrons. The van der Waals surface area contributed by atoms with Crippen LogP contribution in [0.3, 0.4) is 0 Å². The van der Waals surface area contributed by atoms with Gasteiger partial charge >= 0.3 is 5.97 Å². The largest absolute Gasteiger partial charge is 0.467 e. The predicted molar refractivity (Wildman–Crippen MR) is 85.4 cm³/mol. The van der Waals surface area contributed by atoms with E-state index in [1.165, 1.54) is 21.0 Å². The third-order valence-electron chi connectivity index (χ3n) is 3.68. The molecule has 0 saturated heterocycles. The Morgan fingerprint density at radius 1 is 1.45 bits per heavy atom. The van der Waals surface area contributed by atoms with Gasteiger partial charge in [0.25, 0.3) is 0 Å². The van der Waals surface area contributed by atoms with Crippen molar-refractivity contribution in [1.82, 2.24) is 10.3 Å². The van der Waals surface area contributed by atoms with Crippen molar-refractivity contribution in [3.8, 4) is 0 Å². The zero-order chi connectivity index (χ0) is 17.9. The molecule has 1 amide bonds. The molecule has 1 aromatic heterocycles. The number of hydrogen-bond acceptors (Lipinski definition) is 3. The number of H-pyrrole nitrogens is 1. The molecule has 1 aromatic carbocycles. The van der Waals surface area contributed by atoms with Gasteiger partial charge in [-0.3, -0.25) is 4.79 Å². The highest BCUT2D eigenvalue weighted by Crippen LogP contribution is 2.19. The molecule has 2 unspecified atom stereocenters. The number of benzene rings is 1. The number of amides is 1. The molecule has 0 aliphatic carbocycles. The summed E-state index contributed by atoms with van der Waals surface area (Å²) in [6, 6.07) is 6.74. The minimum atomic E-state index is -1.65. The highest BCUT2D eigenvalue weighted by molar-refractivity contribution is 5.87. The van der Waals surface area contributed by atoms with E-state index < -0.39 is 30.2 Å². The first-order chi connectivity index (χ1) is 11.3. The fourth-order valence-electron chi connectivity index (χ4n) is 2.26. The van der Waals surface area contributed by atoms with E-state index in [4.69, 9.17) is 7.48 Å². The molecule has 0 fully saturated rings. The van der Waals surface area contributed by atoms with E-state index in [2.05, 4.69) is 10.3 Å². The Hall–Kier alpha value is -2.30. The van der Waals surface area contributed by atoms with Crippen LogP contribution in [-0.4, -0.2) is 30.0 Å². The summed E-state index contributed by atoms with van der Waals surface area (Å²) >= 11 is 0. The zero-order valence-corrected chi connectivity index (χ0v) is 13.0. The summed E-state index contributed by atoms with van der Waals surface area (Å²) in [6.45, 7) is 2.83. The average molecular weight is 304 g/mol. The Labute approximate surface area is 132 Å². The summed E-state index contributed by atoms with van der Waals surface area (Å²) in [7, 11) is 1.25. The monoisotopic (exact) mass is 304 g/mol. The number of carbonyl (C=O) groups is 2. The van der Waals surface area contributed by atoms with Gasteiger partial charge in [-0.1, -0.05) is 32.0 Å². The van der Waals surface area contributed by atoms with E-state index in [0.29, 0.717) is 0 Å². The Morgan fingerprint density at radius 2 is 2.18 bits per heavy atom. The van der Waals surface area contributed by atoms with Crippen molar-refractivity contribution in [2.45, 2.75) is 32.7 Å². The summed E-state index contributed by atoms with van der Waals surface area (Å²) in [5.74, 6) is -2.89. The molecule has 5 nitrogen and oxygen atoms in total. The number of esters is 1. The summed E-state index contributed by atoms with van der Waals surface area (Å²) in [5.41, 5.74) is 1.81. The second-order valence-corrected chi connectivity index (χ2v) is 5.08. The molecular weight excluding hydrogens is 280 g/mol. The number of methoxy groups -OCH3 is 1. The molecule has 2 rings (SSSR count). The maximum Gasteiger partial charge on any atom is 0.328 e. The lowest BCUT2D eigenvalue weighted by Crippen LogP contribution is -2.45. The normalized spacial score (nSPS) is 17.8. The molecule has 0 aliphatic heterocycles. The quantitative estimate of drug-likeness (QED) is 0.805. The molecule has 0 bridgehead atoms. The number of aromatic nitrogens is 1. The van der Waals surface area contributed by atoms with Crippen LogP contribution < -0.4 is 5.32 Å². The smallest absolute Gasteiger partial charge is 0.328 e. The summed E-state index contributed by atoms with van der Waals surface area (Å²) in [5, 5.41) is 3.52. The van der Waals surface area contributed by atoms with Gasteiger partial charge in [0.1, 0.15) is 6.04 Å². The van der Waals surface area contributed by atoms with Crippen LogP contribution in [0.25, 0.3) is 10.9 Å². The van der Waals surface area contributed by atoms with Gasteiger partial charge < -0.3 is 15.0 Å². The van der Waals surface area contributed by atoms with Crippen LogP contribution >= 0.6 is 0 Å². The zero-order valence-electron chi connectivity index (χ0n) is 15.0. The van der Waals surface area contributed by atoms with Crippen LogP contribution in [0.5, 0.6) is 0 Å². The molecule has 118 valence electrons. The summed E-state index contributed by atoms with van der Waals surface area (Å²) in [6.07, 6.45) is 1.11. The van der Waals surface area contributed by atoms with Gasteiger partial charge in [-0.2, -0.15) is 0 Å². The number of carbonyl (C=O) groups excluding carboxylic acids is 2. The first kappa shape index (κ1) is 13.4. The van der Waals surface area contributed by atoms with E-state index in [9.17, 15) is 9.59 Å². The van der Waals surface area contributed by atoms with Crippen molar-refractivity contribution in [3.05, 3.63) is 36.0 Å². The minimum absolute atomic E-state index is 0.241. The van der Waals surface area contributed by atoms with Crippen molar-refractivity contribution < 1.29 is 17.1 Å². The van der Waals surface area contributed by atoms with Crippen LogP contribution in [0, 0.1) is 5.89 Å². The second kappa shape index (κ2) is 7.11. The van der Waals surface area contributed by atoms with E-state index in [-0.39, 0.29) is 6.42 Å². The molecule has 1 heterocycles. The number of hydrogen-bond donors (Lipinski definition) is 2. The van der Waals surface area contributed by atoms with Gasteiger partial charge in [0.2, 0.25) is 5.91 Å². The Morgan fingerprint density at radius 3 is 2.86 bits per heavy atom. The molecule has 2 N–H and O–H groups in total. The number of rotatable bonds is 6. The standard InChI is InChI=1S/C17H22N2O3/c1-4-11(2)16(20)19-15(17(21)22-3)9-12-10-18-14-8-6-5-7-13(12)14/h5-8,10-11,15,18H,4,9H2,1-3H3,(H,19,20)/t11?,15-/m0/s1/i4D,11D/t4?,11?,15-. The van der Waals surface area contributed by atoms with Crippen LogP contribution in [0.1, 0.15) is 28.5 Å². The molecule has 0 spiro atoms. The van der Waals surface area contributed by atoms with Gasteiger partial charge in [0.05, 0.1) is 7.11 Å². The number of ether oxygens (including phenoxy) is 1. The lowest BCUT2D eigenvalue weighted by molar-refractivity contribution is -0.145. The molecule has 2 aromatic rings. The van der Waals surface area contributed by atoms with Crippen molar-refractivity contribution in [2.75, 3.05) is 7.11 Å². The molecular formula is C17H22N2O3. The molecule has 3 atom stereocenters. The molecule has 0 saturated carbocycles. The third-order valence-corrected chi connectivity index (χ3v) is 3.68. The number of fused-ring (bicyclic) bond motifs is 1. The average Bonchev–Trinajstić information content (AvgIpc) is 2.96. The molecule has 22 heavy (non-hydrogen) atoms. The van der Waals surface area contributed by atoms with Gasteiger partial charge in [-0.25, -0.2) is 4.79 Å². The van der Waals surface area contributed by atoms with Crippen LogP contribution in [0.15, 0.2) is 30.5 Å². The number of nitrogens with one attached hydrogen (secondary N) is 2. The maximum atomic E-state index is 12.3. The minimum Gasteiger partial charge on any atom is -0.467 e. The molecule has 0 aliphatic rings. The highest BCUT2D eigenvalue weighted by Gasteiger charge is 2.24. The highest BCUT2D eigenvalue weighted by atomic mass is 16.5.